The van der Waals surface area contributed by atoms with Crippen molar-refractivity contribution in [1.29, 1.82) is 0 Å². The van der Waals surface area contributed by atoms with Gasteiger partial charge in [0.25, 0.3) is 0 Å². The van der Waals surface area contributed by atoms with Gasteiger partial charge in [-0.1, -0.05) is 19.8 Å². The zero-order valence-electron chi connectivity index (χ0n) is 24.0. The number of benzene rings is 1. The molecule has 3 aromatic rings. The summed E-state index contributed by atoms with van der Waals surface area (Å²) >= 11 is 1.70. The van der Waals surface area contributed by atoms with Gasteiger partial charge in [0.15, 0.2) is 0 Å². The lowest BCUT2D eigenvalue weighted by Crippen LogP contribution is -2.50. The highest BCUT2D eigenvalue weighted by molar-refractivity contribution is 7.15. The lowest BCUT2D eigenvalue weighted by molar-refractivity contribution is -0.155. The number of carbonyl (C=O) groups excluding carboxylic acids is 1. The Balaban J connectivity index is 1.60. The first kappa shape index (κ1) is 30.9. The van der Waals surface area contributed by atoms with Crippen LogP contribution in [0.5, 0.6) is 11.5 Å². The van der Waals surface area contributed by atoms with Crippen LogP contribution in [0.15, 0.2) is 34.7 Å². The average molecular weight is 561 g/mol. The normalized spacial score (nSPS) is 13.9. The van der Waals surface area contributed by atoms with Crippen LogP contribution < -0.4 is 20.9 Å². The zero-order chi connectivity index (χ0) is 28.8. The van der Waals surface area contributed by atoms with E-state index in [0.717, 1.165) is 34.6 Å². The average Bonchev–Trinajstić information content (AvgIpc) is 3.47. The summed E-state index contributed by atoms with van der Waals surface area (Å²) in [6.07, 6.45) is 3.93. The predicted octanol–water partition coefficient (Wildman–Crippen LogP) is 5.67. The molecule has 0 aliphatic rings. The van der Waals surface area contributed by atoms with E-state index in [0.29, 0.717) is 17.8 Å². The number of ether oxygens (including phenoxy) is 3. The largest absolute Gasteiger partial charge is 0.495 e. The molecule has 0 radical (unpaired) electrons. The van der Waals surface area contributed by atoms with Crippen LogP contribution in [0.2, 0.25) is 0 Å². The van der Waals surface area contributed by atoms with Crippen molar-refractivity contribution in [2.75, 3.05) is 20.3 Å². The molecule has 0 fully saturated rings. The standard InChI is InChI=1S/C30H44N2O6S/c1-7-8-9-10-22-15-25(35-6)27(39-22)26-13-19-11-12-21(14-24(19)38-26)36-17-20(33)18-37-28(34)23(30(4,5)32)16-29(2,3)31/h11-15,20,23,33H,7-10,16-18,31-32H2,1-6H3. The van der Waals surface area contributed by atoms with Crippen molar-refractivity contribution in [3.63, 3.8) is 0 Å². The molecule has 3 rings (SSSR count). The second-order valence-corrected chi connectivity index (χ2v) is 12.7. The quantitative estimate of drug-likeness (QED) is 0.160. The number of methoxy groups -OCH3 is 1. The lowest BCUT2D eigenvalue weighted by atomic mass is 9.80. The number of aliphatic hydroxyl groups is 1. The number of esters is 1. The number of hydrogen-bond donors (Lipinski definition) is 3. The Kier molecular flexibility index (Phi) is 10.5. The van der Waals surface area contributed by atoms with Gasteiger partial charge in [0.2, 0.25) is 0 Å². The van der Waals surface area contributed by atoms with Gasteiger partial charge in [0.05, 0.1) is 13.0 Å². The van der Waals surface area contributed by atoms with E-state index in [9.17, 15) is 9.90 Å². The SMILES string of the molecule is CCCCCc1cc(OC)c(-c2cc3ccc(OCC(O)COC(=O)C(CC(C)(C)N)C(C)(C)N)cc3o2)s1. The Morgan fingerprint density at radius 2 is 1.85 bits per heavy atom. The molecule has 0 saturated carbocycles. The number of rotatable bonds is 15. The van der Waals surface area contributed by atoms with Gasteiger partial charge in [-0.05, 0) is 71.2 Å². The molecule has 2 aromatic heterocycles. The summed E-state index contributed by atoms with van der Waals surface area (Å²) in [6.45, 7) is 9.15. The molecule has 5 N–H and O–H groups in total. The molecular weight excluding hydrogens is 516 g/mol. The third kappa shape index (κ3) is 8.96. The second-order valence-electron chi connectivity index (χ2n) is 11.5. The van der Waals surface area contributed by atoms with Crippen LogP contribution in [0.25, 0.3) is 21.6 Å². The van der Waals surface area contributed by atoms with Crippen LogP contribution in [-0.4, -0.2) is 48.6 Å². The molecule has 216 valence electrons. The number of fused-ring (bicyclic) bond motifs is 1. The van der Waals surface area contributed by atoms with E-state index >= 15 is 0 Å². The summed E-state index contributed by atoms with van der Waals surface area (Å²) < 4.78 is 22.9. The molecule has 9 heteroatoms. The number of furan rings is 1. The number of nitrogens with two attached hydrogens (primary N) is 2. The van der Waals surface area contributed by atoms with Crippen molar-refractivity contribution < 1.29 is 28.5 Å². The summed E-state index contributed by atoms with van der Waals surface area (Å²) in [5.74, 6) is 1.02. The molecule has 2 heterocycles. The molecule has 0 saturated heterocycles. The van der Waals surface area contributed by atoms with Crippen LogP contribution in [0, 0.1) is 5.92 Å². The third-order valence-electron chi connectivity index (χ3n) is 6.48. The number of hydrogen-bond acceptors (Lipinski definition) is 9. The molecule has 0 bridgehead atoms. The molecule has 1 aromatic carbocycles. The molecule has 39 heavy (non-hydrogen) atoms. The number of aliphatic hydroxyl groups excluding tert-OH is 1. The van der Waals surface area contributed by atoms with E-state index in [-0.39, 0.29) is 13.2 Å². The highest BCUT2D eigenvalue weighted by Gasteiger charge is 2.36. The Labute approximate surface area is 235 Å². The van der Waals surface area contributed by atoms with Crippen LogP contribution in [0.4, 0.5) is 0 Å². The Bertz CT molecular complexity index is 1220. The first-order chi connectivity index (χ1) is 18.3. The van der Waals surface area contributed by atoms with Gasteiger partial charge in [-0.2, -0.15) is 0 Å². The zero-order valence-corrected chi connectivity index (χ0v) is 24.9. The summed E-state index contributed by atoms with van der Waals surface area (Å²) in [4.78, 5) is 14.9. The molecule has 0 aliphatic carbocycles. The minimum atomic E-state index is -1.01. The van der Waals surface area contributed by atoms with E-state index in [1.54, 1.807) is 38.4 Å². The minimum Gasteiger partial charge on any atom is -0.495 e. The van der Waals surface area contributed by atoms with E-state index in [4.69, 9.17) is 30.1 Å². The van der Waals surface area contributed by atoms with Gasteiger partial charge in [0.1, 0.15) is 47.0 Å². The maximum absolute atomic E-state index is 12.7. The Morgan fingerprint density at radius 1 is 1.10 bits per heavy atom. The molecule has 2 atom stereocenters. The number of unbranched alkanes of at least 4 members (excludes halogenated alkanes) is 2. The van der Waals surface area contributed by atoms with Crippen molar-refractivity contribution in [3.05, 3.63) is 35.2 Å². The maximum Gasteiger partial charge on any atom is 0.310 e. The molecule has 0 amide bonds. The van der Waals surface area contributed by atoms with Gasteiger partial charge >= 0.3 is 5.97 Å². The van der Waals surface area contributed by atoms with Crippen molar-refractivity contribution in [2.45, 2.75) is 83.9 Å². The Hall–Kier alpha value is -2.59. The summed E-state index contributed by atoms with van der Waals surface area (Å²) in [7, 11) is 1.68. The molecular formula is C30H44N2O6S. The Morgan fingerprint density at radius 3 is 2.49 bits per heavy atom. The number of thiophene rings is 1. The fraction of sp³-hybridized carbons (Fsp3) is 0.567. The summed E-state index contributed by atoms with van der Waals surface area (Å²) in [5.41, 5.74) is 11.6. The molecule has 8 nitrogen and oxygen atoms in total. The maximum atomic E-state index is 12.7. The van der Waals surface area contributed by atoms with Crippen molar-refractivity contribution in [3.8, 4) is 22.1 Å². The van der Waals surface area contributed by atoms with Gasteiger partial charge < -0.3 is 35.2 Å². The monoisotopic (exact) mass is 560 g/mol. The van der Waals surface area contributed by atoms with Gasteiger partial charge in [-0.15, -0.1) is 11.3 Å². The first-order valence-corrected chi connectivity index (χ1v) is 14.4. The number of aryl methyl sites for hydroxylation is 1. The van der Waals surface area contributed by atoms with Crippen molar-refractivity contribution in [2.24, 2.45) is 17.4 Å². The predicted molar refractivity (Wildman–Crippen MR) is 156 cm³/mol. The smallest absolute Gasteiger partial charge is 0.310 e. The van der Waals surface area contributed by atoms with Crippen LogP contribution in [0.1, 0.15) is 65.2 Å². The highest BCUT2D eigenvalue weighted by Crippen LogP contribution is 2.41. The van der Waals surface area contributed by atoms with Gasteiger partial charge in [-0.3, -0.25) is 4.79 Å². The van der Waals surface area contributed by atoms with Crippen LogP contribution in [0.3, 0.4) is 0 Å². The highest BCUT2D eigenvalue weighted by atomic mass is 32.1. The molecule has 2 unspecified atom stereocenters. The molecule has 0 aliphatic heterocycles. The van der Waals surface area contributed by atoms with E-state index in [2.05, 4.69) is 13.0 Å². The van der Waals surface area contributed by atoms with E-state index < -0.39 is 29.1 Å². The minimum absolute atomic E-state index is 0.0503. The first-order valence-electron chi connectivity index (χ1n) is 13.6. The van der Waals surface area contributed by atoms with E-state index in [1.807, 2.05) is 32.0 Å². The fourth-order valence-electron chi connectivity index (χ4n) is 4.33. The van der Waals surface area contributed by atoms with Gasteiger partial charge in [0, 0.05) is 27.4 Å². The second kappa shape index (κ2) is 13.2. The molecule has 0 spiro atoms. The summed E-state index contributed by atoms with van der Waals surface area (Å²) in [5, 5.41) is 11.3. The summed E-state index contributed by atoms with van der Waals surface area (Å²) in [6, 6.07) is 9.61. The van der Waals surface area contributed by atoms with Gasteiger partial charge in [-0.25, -0.2) is 0 Å². The van der Waals surface area contributed by atoms with Crippen LogP contribution in [-0.2, 0) is 16.0 Å². The topological polar surface area (TPSA) is 130 Å². The van der Waals surface area contributed by atoms with E-state index in [1.165, 1.54) is 17.7 Å². The van der Waals surface area contributed by atoms with Crippen molar-refractivity contribution in [1.82, 2.24) is 0 Å². The van der Waals surface area contributed by atoms with Crippen LogP contribution >= 0.6 is 11.3 Å². The number of carbonyl (C=O) groups is 1. The fourth-order valence-corrected chi connectivity index (χ4v) is 5.45. The van der Waals surface area contributed by atoms with Crippen molar-refractivity contribution >= 4 is 28.3 Å². The lowest BCUT2D eigenvalue weighted by Gasteiger charge is -2.33. The third-order valence-corrected chi connectivity index (χ3v) is 7.67.